The molecule has 160 valence electrons. The second-order valence-corrected chi connectivity index (χ2v) is 8.64. The van der Waals surface area contributed by atoms with Gasteiger partial charge in [0.25, 0.3) is 0 Å². The van der Waals surface area contributed by atoms with Gasteiger partial charge in [-0.25, -0.2) is 9.97 Å². The summed E-state index contributed by atoms with van der Waals surface area (Å²) in [5.41, 5.74) is 5.97. The summed E-state index contributed by atoms with van der Waals surface area (Å²) in [4.78, 5) is 22.4. The van der Waals surface area contributed by atoms with Crippen LogP contribution in [0.5, 0.6) is 5.75 Å². The molecular weight excluding hydrogens is 386 g/mol. The highest BCUT2D eigenvalue weighted by atomic mass is 16.3. The molecule has 4 rings (SSSR count). The summed E-state index contributed by atoms with van der Waals surface area (Å²) in [6.07, 6.45) is 4.43. The molecule has 0 aliphatic heterocycles. The minimum Gasteiger partial charge on any atom is -0.508 e. The minimum atomic E-state index is -0.0173. The molecule has 0 atom stereocenters. The molecule has 0 bridgehead atoms. The number of aryl methyl sites for hydroxylation is 3. The molecule has 0 saturated carbocycles. The SMILES string of the molecule is CC(C)Cc1nc2c(nc1NC(=O)CCCc1ccccc1)CCc1cc(O)ccc1-2. The molecule has 2 aromatic carbocycles. The monoisotopic (exact) mass is 415 g/mol. The fourth-order valence-electron chi connectivity index (χ4n) is 4.09. The Kier molecular flexibility index (Phi) is 6.31. The van der Waals surface area contributed by atoms with Gasteiger partial charge in [-0.3, -0.25) is 4.79 Å². The van der Waals surface area contributed by atoms with Gasteiger partial charge >= 0.3 is 0 Å². The van der Waals surface area contributed by atoms with Crippen LogP contribution in [0.15, 0.2) is 48.5 Å². The number of anilines is 1. The fraction of sp³-hybridized carbons (Fsp3) is 0.346. The van der Waals surface area contributed by atoms with Gasteiger partial charge in [0.2, 0.25) is 5.91 Å². The van der Waals surface area contributed by atoms with Gasteiger partial charge in [-0.2, -0.15) is 0 Å². The summed E-state index contributed by atoms with van der Waals surface area (Å²) < 4.78 is 0. The van der Waals surface area contributed by atoms with Crippen molar-refractivity contribution in [2.45, 2.75) is 52.4 Å². The van der Waals surface area contributed by atoms with E-state index < -0.39 is 0 Å². The Morgan fingerprint density at radius 1 is 1.10 bits per heavy atom. The molecule has 3 aromatic rings. The molecular formula is C26H29N3O2. The van der Waals surface area contributed by atoms with E-state index in [2.05, 4.69) is 31.3 Å². The van der Waals surface area contributed by atoms with Crippen LogP contribution in [0.2, 0.25) is 0 Å². The van der Waals surface area contributed by atoms with Crippen molar-refractivity contribution in [2.24, 2.45) is 5.92 Å². The van der Waals surface area contributed by atoms with E-state index >= 15 is 0 Å². The van der Waals surface area contributed by atoms with Crippen LogP contribution in [0.25, 0.3) is 11.3 Å². The number of aromatic hydroxyl groups is 1. The van der Waals surface area contributed by atoms with E-state index in [1.54, 1.807) is 6.07 Å². The number of nitrogens with zero attached hydrogens (tertiary/aromatic N) is 2. The smallest absolute Gasteiger partial charge is 0.225 e. The molecule has 1 aromatic heterocycles. The zero-order valence-corrected chi connectivity index (χ0v) is 18.2. The number of carbonyl (C=O) groups excluding carboxylic acids is 1. The van der Waals surface area contributed by atoms with Crippen LogP contribution in [0.1, 0.15) is 49.2 Å². The van der Waals surface area contributed by atoms with Crippen LogP contribution in [0, 0.1) is 5.92 Å². The Hall–Kier alpha value is -3.21. The number of fused-ring (bicyclic) bond motifs is 3. The van der Waals surface area contributed by atoms with Gasteiger partial charge in [0, 0.05) is 12.0 Å². The van der Waals surface area contributed by atoms with Gasteiger partial charge < -0.3 is 10.4 Å². The van der Waals surface area contributed by atoms with Crippen molar-refractivity contribution < 1.29 is 9.90 Å². The van der Waals surface area contributed by atoms with Crippen molar-refractivity contribution in [3.05, 3.63) is 71.0 Å². The zero-order chi connectivity index (χ0) is 21.8. The largest absolute Gasteiger partial charge is 0.508 e. The maximum Gasteiger partial charge on any atom is 0.225 e. The number of amides is 1. The Morgan fingerprint density at radius 2 is 1.90 bits per heavy atom. The second-order valence-electron chi connectivity index (χ2n) is 8.64. The van der Waals surface area contributed by atoms with E-state index in [4.69, 9.17) is 9.97 Å². The highest BCUT2D eigenvalue weighted by Crippen LogP contribution is 2.35. The van der Waals surface area contributed by atoms with Crippen LogP contribution in [0.4, 0.5) is 5.82 Å². The van der Waals surface area contributed by atoms with E-state index in [9.17, 15) is 9.90 Å². The number of hydrogen-bond donors (Lipinski definition) is 2. The number of carbonyl (C=O) groups is 1. The first kappa shape index (κ1) is 21.0. The third-order valence-corrected chi connectivity index (χ3v) is 5.59. The van der Waals surface area contributed by atoms with Crippen molar-refractivity contribution in [2.75, 3.05) is 5.32 Å². The van der Waals surface area contributed by atoms with Crippen LogP contribution in [0.3, 0.4) is 0 Å². The predicted molar refractivity (Wildman–Crippen MR) is 123 cm³/mol. The molecule has 2 N–H and O–H groups in total. The molecule has 1 aliphatic carbocycles. The minimum absolute atomic E-state index is 0.0173. The first-order valence-electron chi connectivity index (χ1n) is 11.1. The zero-order valence-electron chi connectivity index (χ0n) is 18.2. The number of aromatic nitrogens is 2. The maximum absolute atomic E-state index is 12.6. The van der Waals surface area contributed by atoms with Gasteiger partial charge in [0.15, 0.2) is 5.82 Å². The van der Waals surface area contributed by atoms with Crippen molar-refractivity contribution in [3.63, 3.8) is 0 Å². The number of rotatable bonds is 7. The Morgan fingerprint density at radius 3 is 2.68 bits per heavy atom. The van der Waals surface area contributed by atoms with Crippen molar-refractivity contribution >= 4 is 11.7 Å². The summed E-state index contributed by atoms with van der Waals surface area (Å²) in [5.74, 6) is 1.25. The first-order chi connectivity index (χ1) is 15.0. The first-order valence-corrected chi connectivity index (χ1v) is 11.1. The topological polar surface area (TPSA) is 75.1 Å². The third kappa shape index (κ3) is 5.10. The lowest BCUT2D eigenvalue weighted by molar-refractivity contribution is -0.116. The van der Waals surface area contributed by atoms with Gasteiger partial charge in [0.05, 0.1) is 17.1 Å². The standard InChI is InChI=1S/C26H29N3O2/c1-17(2)15-23-26(29-24(31)10-6-9-18-7-4-3-5-8-18)28-22-14-11-19-16-20(30)12-13-21(19)25(22)27-23/h3-5,7-8,12-13,16-17,30H,6,9-11,14-15H2,1-2H3,(H,28,29,31). The summed E-state index contributed by atoms with van der Waals surface area (Å²) in [5, 5.41) is 12.8. The number of benzene rings is 2. The summed E-state index contributed by atoms with van der Waals surface area (Å²) in [6, 6.07) is 15.6. The summed E-state index contributed by atoms with van der Waals surface area (Å²) in [6.45, 7) is 4.27. The lowest BCUT2D eigenvalue weighted by Crippen LogP contribution is -2.19. The van der Waals surface area contributed by atoms with Gasteiger partial charge in [0.1, 0.15) is 5.75 Å². The third-order valence-electron chi connectivity index (χ3n) is 5.59. The van der Waals surface area contributed by atoms with E-state index in [-0.39, 0.29) is 11.7 Å². The van der Waals surface area contributed by atoms with E-state index in [0.717, 1.165) is 60.3 Å². The molecule has 0 fully saturated rings. The number of phenols is 1. The maximum atomic E-state index is 12.6. The molecule has 1 aliphatic rings. The highest BCUT2D eigenvalue weighted by molar-refractivity contribution is 5.90. The van der Waals surface area contributed by atoms with Crippen LogP contribution in [-0.2, 0) is 30.5 Å². The molecule has 5 heteroatoms. The van der Waals surface area contributed by atoms with E-state index in [0.29, 0.717) is 18.2 Å². The quantitative estimate of drug-likeness (QED) is 0.562. The predicted octanol–water partition coefficient (Wildman–Crippen LogP) is 5.11. The molecule has 31 heavy (non-hydrogen) atoms. The van der Waals surface area contributed by atoms with Crippen LogP contribution < -0.4 is 5.32 Å². The number of hydrogen-bond acceptors (Lipinski definition) is 4. The Labute approximate surface area is 183 Å². The molecule has 5 nitrogen and oxygen atoms in total. The fourth-order valence-corrected chi connectivity index (χ4v) is 4.09. The number of phenolic OH excluding ortho intramolecular Hbond substituents is 1. The average Bonchev–Trinajstić information content (AvgIpc) is 2.74. The second kappa shape index (κ2) is 9.29. The number of nitrogens with one attached hydrogen (secondary N) is 1. The highest BCUT2D eigenvalue weighted by Gasteiger charge is 2.23. The van der Waals surface area contributed by atoms with Crippen molar-refractivity contribution in [1.82, 2.24) is 9.97 Å². The normalized spacial score (nSPS) is 12.4. The molecule has 1 heterocycles. The van der Waals surface area contributed by atoms with E-state index in [1.807, 2.05) is 30.3 Å². The molecule has 0 spiro atoms. The average molecular weight is 416 g/mol. The summed E-state index contributed by atoms with van der Waals surface area (Å²) >= 11 is 0. The van der Waals surface area contributed by atoms with Gasteiger partial charge in [-0.05, 0) is 67.3 Å². The molecule has 0 unspecified atom stereocenters. The lowest BCUT2D eigenvalue weighted by Gasteiger charge is -2.21. The van der Waals surface area contributed by atoms with Gasteiger partial charge in [-0.1, -0.05) is 44.2 Å². The molecule has 0 radical (unpaired) electrons. The lowest BCUT2D eigenvalue weighted by atomic mass is 9.91. The molecule has 0 saturated heterocycles. The van der Waals surface area contributed by atoms with Gasteiger partial charge in [-0.15, -0.1) is 0 Å². The Balaban J connectivity index is 1.53. The molecule has 1 amide bonds. The Bertz CT molecular complexity index is 1080. The van der Waals surface area contributed by atoms with Crippen molar-refractivity contribution in [1.29, 1.82) is 0 Å². The van der Waals surface area contributed by atoms with Crippen LogP contribution >= 0.6 is 0 Å². The van der Waals surface area contributed by atoms with Crippen LogP contribution in [-0.4, -0.2) is 21.0 Å². The van der Waals surface area contributed by atoms with E-state index in [1.165, 1.54) is 5.56 Å². The summed E-state index contributed by atoms with van der Waals surface area (Å²) in [7, 11) is 0. The van der Waals surface area contributed by atoms with Crippen molar-refractivity contribution in [3.8, 4) is 17.0 Å².